The minimum atomic E-state index is -0.539. The third kappa shape index (κ3) is 1.31. The molecule has 1 aromatic rings. The van der Waals surface area contributed by atoms with Gasteiger partial charge in [0.2, 0.25) is 0 Å². The Labute approximate surface area is 62.6 Å². The number of aryl methyl sites for hydroxylation is 1. The van der Waals surface area contributed by atoms with Gasteiger partial charge in [-0.15, -0.1) is 0 Å². The minimum absolute atomic E-state index is 0.167. The van der Waals surface area contributed by atoms with Gasteiger partial charge in [-0.2, -0.15) is 0 Å². The van der Waals surface area contributed by atoms with Gasteiger partial charge in [0.25, 0.3) is 5.56 Å². The summed E-state index contributed by atoms with van der Waals surface area (Å²) in [6.45, 7) is 0. The number of nitrogens with zero attached hydrogens (tertiary/aromatic N) is 1. The lowest BCUT2D eigenvalue weighted by Crippen LogP contribution is -2.10. The zero-order chi connectivity index (χ0) is 8.43. The van der Waals surface area contributed by atoms with Gasteiger partial charge in [-0.05, 0) is 0 Å². The third-order valence-corrected chi connectivity index (χ3v) is 1.29. The lowest BCUT2D eigenvalue weighted by molar-refractivity contribution is 0.0593. The minimum Gasteiger partial charge on any atom is -0.464 e. The fraction of sp³-hybridized carbons (Fsp3) is 0.333. The smallest absolute Gasteiger partial charge is 0.356 e. The van der Waals surface area contributed by atoms with E-state index >= 15 is 0 Å². The maximum absolute atomic E-state index is 10.8. The number of hydrogen-bond acceptors (Lipinski definition) is 3. The number of H-pyrrole nitrogens is 1. The quantitative estimate of drug-likeness (QED) is 0.557. The largest absolute Gasteiger partial charge is 0.464 e. The molecule has 60 valence electrons. The maximum atomic E-state index is 10.8. The van der Waals surface area contributed by atoms with Gasteiger partial charge in [-0.25, -0.2) is 4.79 Å². The Morgan fingerprint density at radius 1 is 1.73 bits per heavy atom. The van der Waals surface area contributed by atoms with E-state index < -0.39 is 5.97 Å². The lowest BCUT2D eigenvalue weighted by atomic mass is 10.4. The van der Waals surface area contributed by atoms with Crippen LogP contribution < -0.4 is 5.56 Å². The van der Waals surface area contributed by atoms with Crippen molar-refractivity contribution < 1.29 is 9.53 Å². The van der Waals surface area contributed by atoms with E-state index in [1.54, 1.807) is 0 Å². The van der Waals surface area contributed by atoms with Crippen LogP contribution in [0.25, 0.3) is 0 Å². The molecule has 0 unspecified atom stereocenters. The monoisotopic (exact) mass is 156 g/mol. The number of esters is 1. The number of hydrogen-bond donors (Lipinski definition) is 1. The van der Waals surface area contributed by atoms with Crippen LogP contribution in [0, 0.1) is 0 Å². The molecule has 0 fully saturated rings. The van der Waals surface area contributed by atoms with E-state index in [1.165, 1.54) is 24.9 Å². The highest BCUT2D eigenvalue weighted by Gasteiger charge is 2.08. The molecule has 0 aromatic carbocycles. The van der Waals surface area contributed by atoms with Crippen molar-refractivity contribution in [2.45, 2.75) is 0 Å². The highest BCUT2D eigenvalue weighted by molar-refractivity contribution is 5.86. The van der Waals surface area contributed by atoms with Gasteiger partial charge in [0, 0.05) is 13.1 Å². The molecule has 11 heavy (non-hydrogen) atoms. The Hall–Kier alpha value is -1.52. The summed E-state index contributed by atoms with van der Waals surface area (Å²) in [4.78, 5) is 21.6. The van der Waals surface area contributed by atoms with Gasteiger partial charge >= 0.3 is 5.97 Å². The van der Waals surface area contributed by atoms with Gasteiger partial charge in [0.15, 0.2) is 0 Å². The molecule has 0 aliphatic carbocycles. The van der Waals surface area contributed by atoms with Crippen LogP contribution in [0.2, 0.25) is 0 Å². The van der Waals surface area contributed by atoms with Gasteiger partial charge < -0.3 is 4.74 Å². The molecule has 5 nitrogen and oxygen atoms in total. The van der Waals surface area contributed by atoms with Crippen molar-refractivity contribution in [3.05, 3.63) is 22.1 Å². The van der Waals surface area contributed by atoms with Crippen LogP contribution in [0.4, 0.5) is 0 Å². The summed E-state index contributed by atoms with van der Waals surface area (Å²) in [5.41, 5.74) is -0.0922. The summed E-state index contributed by atoms with van der Waals surface area (Å²) < 4.78 is 5.58. The van der Waals surface area contributed by atoms with E-state index in [1.807, 2.05) is 0 Å². The second-order valence-corrected chi connectivity index (χ2v) is 2.06. The van der Waals surface area contributed by atoms with Gasteiger partial charge in [0.1, 0.15) is 5.69 Å². The third-order valence-electron chi connectivity index (χ3n) is 1.29. The highest BCUT2D eigenvalue weighted by Crippen LogP contribution is 1.90. The van der Waals surface area contributed by atoms with E-state index in [2.05, 4.69) is 9.84 Å². The van der Waals surface area contributed by atoms with Crippen molar-refractivity contribution in [2.24, 2.45) is 7.05 Å². The van der Waals surface area contributed by atoms with Crippen molar-refractivity contribution in [3.8, 4) is 0 Å². The molecule has 1 rings (SSSR count). The maximum Gasteiger partial charge on any atom is 0.356 e. The Kier molecular flexibility index (Phi) is 1.80. The van der Waals surface area contributed by atoms with Crippen LogP contribution >= 0.6 is 0 Å². The molecule has 0 bridgehead atoms. The molecule has 1 heterocycles. The van der Waals surface area contributed by atoms with Crippen LogP contribution in [-0.4, -0.2) is 22.9 Å². The van der Waals surface area contributed by atoms with Crippen LogP contribution in [-0.2, 0) is 11.8 Å². The number of rotatable bonds is 1. The van der Waals surface area contributed by atoms with Crippen molar-refractivity contribution in [1.82, 2.24) is 9.78 Å². The van der Waals surface area contributed by atoms with Crippen LogP contribution in [0.15, 0.2) is 10.9 Å². The zero-order valence-corrected chi connectivity index (χ0v) is 6.25. The number of nitrogens with one attached hydrogen (secondary N) is 1. The normalized spacial score (nSPS) is 9.64. The summed E-state index contributed by atoms with van der Waals surface area (Å²) in [5, 5.41) is 2.52. The molecule has 0 aliphatic heterocycles. The molecular weight excluding hydrogens is 148 g/mol. The van der Waals surface area contributed by atoms with Crippen molar-refractivity contribution >= 4 is 5.97 Å². The molecule has 0 atom stereocenters. The lowest BCUT2D eigenvalue weighted by Gasteiger charge is -1.92. The first kappa shape index (κ1) is 7.59. The highest BCUT2D eigenvalue weighted by atomic mass is 16.5. The zero-order valence-electron chi connectivity index (χ0n) is 6.25. The van der Waals surface area contributed by atoms with Crippen molar-refractivity contribution in [3.63, 3.8) is 0 Å². The van der Waals surface area contributed by atoms with Gasteiger partial charge in [-0.1, -0.05) is 0 Å². The van der Waals surface area contributed by atoms with Crippen LogP contribution in [0.5, 0.6) is 0 Å². The summed E-state index contributed by atoms with van der Waals surface area (Å²) in [6.07, 6.45) is 0. The second-order valence-electron chi connectivity index (χ2n) is 2.06. The first-order chi connectivity index (χ1) is 5.15. The summed E-state index contributed by atoms with van der Waals surface area (Å²) >= 11 is 0. The van der Waals surface area contributed by atoms with Crippen molar-refractivity contribution in [1.29, 1.82) is 0 Å². The molecule has 5 heteroatoms. The van der Waals surface area contributed by atoms with Gasteiger partial charge in [-0.3, -0.25) is 14.6 Å². The SMILES string of the molecule is COC(=O)c1cc(=O)n(C)[nH]1. The van der Waals surface area contributed by atoms with E-state index in [4.69, 9.17) is 0 Å². The Balaban J connectivity index is 3.07. The Morgan fingerprint density at radius 3 is 2.73 bits per heavy atom. The number of methoxy groups -OCH3 is 1. The predicted octanol–water partition coefficient (Wildman–Crippen LogP) is -0.500. The Bertz CT molecular complexity index is 323. The average molecular weight is 156 g/mol. The number of carbonyl (C=O) groups excluding carboxylic acids is 1. The molecule has 0 saturated carbocycles. The Morgan fingerprint density at radius 2 is 2.36 bits per heavy atom. The van der Waals surface area contributed by atoms with Crippen LogP contribution in [0.3, 0.4) is 0 Å². The van der Waals surface area contributed by atoms with E-state index in [9.17, 15) is 9.59 Å². The average Bonchev–Trinajstić information content (AvgIpc) is 2.31. The number of carbonyl (C=O) groups is 1. The number of aromatic amines is 1. The fourth-order valence-electron chi connectivity index (χ4n) is 0.703. The number of ether oxygens (including phenoxy) is 1. The molecule has 0 saturated heterocycles. The number of aromatic nitrogens is 2. The van der Waals surface area contributed by atoms with E-state index in [0.29, 0.717) is 0 Å². The molecule has 0 aliphatic rings. The standard InChI is InChI=1S/C6H8N2O3/c1-8-5(9)3-4(7-8)6(10)11-2/h3,7H,1-2H3. The predicted molar refractivity (Wildman–Crippen MR) is 37.4 cm³/mol. The molecule has 1 aromatic heterocycles. The molecule has 0 radical (unpaired) electrons. The van der Waals surface area contributed by atoms with Crippen LogP contribution in [0.1, 0.15) is 10.5 Å². The molecule has 0 amide bonds. The topological polar surface area (TPSA) is 64.1 Å². The summed E-state index contributed by atoms with van der Waals surface area (Å²) in [5.74, 6) is -0.539. The van der Waals surface area contributed by atoms with E-state index in [0.717, 1.165) is 0 Å². The molecular formula is C6H8N2O3. The molecule has 1 N–H and O–H groups in total. The summed E-state index contributed by atoms with van der Waals surface area (Å²) in [6, 6.07) is 1.19. The molecule has 0 spiro atoms. The second kappa shape index (κ2) is 2.61. The first-order valence-corrected chi connectivity index (χ1v) is 2.99. The van der Waals surface area contributed by atoms with Gasteiger partial charge in [0.05, 0.1) is 7.11 Å². The van der Waals surface area contributed by atoms with E-state index in [-0.39, 0.29) is 11.3 Å². The van der Waals surface area contributed by atoms with Crippen molar-refractivity contribution in [2.75, 3.05) is 7.11 Å². The fourth-order valence-corrected chi connectivity index (χ4v) is 0.703. The summed E-state index contributed by atoms with van der Waals surface area (Å²) in [7, 11) is 2.78. The first-order valence-electron chi connectivity index (χ1n) is 2.99.